The van der Waals surface area contributed by atoms with Gasteiger partial charge >= 0.3 is 0 Å². The number of hydrogen-bond acceptors (Lipinski definition) is 8. The van der Waals surface area contributed by atoms with E-state index in [1.165, 1.54) is 23.1 Å². The molecule has 1 aliphatic heterocycles. The first-order valence-electron chi connectivity index (χ1n) is 8.62. The summed E-state index contributed by atoms with van der Waals surface area (Å²) in [7, 11) is 0. The lowest BCUT2D eigenvalue weighted by Crippen LogP contribution is -2.24. The Balaban J connectivity index is 1.62. The molecule has 1 amide bonds. The van der Waals surface area contributed by atoms with Crippen molar-refractivity contribution >= 4 is 45.9 Å². The van der Waals surface area contributed by atoms with Crippen LogP contribution in [0.3, 0.4) is 0 Å². The van der Waals surface area contributed by atoms with Crippen LogP contribution in [0.2, 0.25) is 0 Å². The third-order valence-electron chi connectivity index (χ3n) is 4.00. The Morgan fingerprint density at radius 1 is 1.32 bits per heavy atom. The second-order valence-electron chi connectivity index (χ2n) is 6.24. The number of hydrogen-bond donors (Lipinski definition) is 1. The van der Waals surface area contributed by atoms with E-state index in [2.05, 4.69) is 22.4 Å². The summed E-state index contributed by atoms with van der Waals surface area (Å²) in [5.74, 6) is -0.0856. The van der Waals surface area contributed by atoms with E-state index in [0.29, 0.717) is 20.4 Å². The maximum atomic E-state index is 13.1. The van der Waals surface area contributed by atoms with E-state index in [0.717, 1.165) is 22.8 Å². The molecular formula is C18H17N5O2S3. The lowest BCUT2D eigenvalue weighted by molar-refractivity contribution is -0.113. The number of benzene rings is 1. The zero-order valence-electron chi connectivity index (χ0n) is 15.2. The van der Waals surface area contributed by atoms with Crippen molar-refractivity contribution in [3.05, 3.63) is 51.4 Å². The van der Waals surface area contributed by atoms with Crippen molar-refractivity contribution in [2.45, 2.75) is 35.6 Å². The molecule has 7 nitrogen and oxygen atoms in total. The molecule has 1 atom stereocenters. The number of rotatable bonds is 5. The molecule has 3 heterocycles. The lowest BCUT2D eigenvalue weighted by Gasteiger charge is -2.13. The van der Waals surface area contributed by atoms with Crippen LogP contribution in [0, 0.1) is 6.92 Å². The highest BCUT2D eigenvalue weighted by atomic mass is 32.2. The maximum Gasteiger partial charge on any atom is 0.272 e. The van der Waals surface area contributed by atoms with E-state index in [1.807, 2.05) is 37.3 Å². The molecule has 0 bridgehead atoms. The standard InChI is InChI=1S/C18H17N5O2S3/c1-10-8-13-15(27-10)16(25)23(12-6-4-3-5-7-12)18(19-13)26-9-14(24)20-17-22-21-11(2)28-17/h3-7,10H,8-9H2,1-2H3,(H,20,22,24). The Kier molecular flexibility index (Phi) is 5.51. The number of carbonyl (C=O) groups is 1. The van der Waals surface area contributed by atoms with Gasteiger partial charge in [0, 0.05) is 11.7 Å². The Morgan fingerprint density at radius 2 is 2.11 bits per heavy atom. The lowest BCUT2D eigenvalue weighted by atomic mass is 10.2. The Morgan fingerprint density at radius 3 is 2.82 bits per heavy atom. The minimum Gasteiger partial charge on any atom is -0.300 e. The largest absolute Gasteiger partial charge is 0.300 e. The number of anilines is 1. The molecule has 0 spiro atoms. The number of aryl methyl sites for hydroxylation is 1. The predicted octanol–water partition coefficient (Wildman–Crippen LogP) is 3.16. The summed E-state index contributed by atoms with van der Waals surface area (Å²) in [6.45, 7) is 3.91. The number of fused-ring (bicyclic) bond motifs is 1. The highest BCUT2D eigenvalue weighted by Crippen LogP contribution is 2.34. The first-order chi connectivity index (χ1) is 13.5. The number of nitrogens with zero attached hydrogens (tertiary/aromatic N) is 4. The number of para-hydroxylation sites is 1. The average molecular weight is 432 g/mol. The minimum atomic E-state index is -0.210. The van der Waals surface area contributed by atoms with E-state index in [4.69, 9.17) is 4.98 Å². The second kappa shape index (κ2) is 8.06. The quantitative estimate of drug-likeness (QED) is 0.490. The molecule has 0 fully saturated rings. The molecule has 28 heavy (non-hydrogen) atoms. The van der Waals surface area contributed by atoms with Gasteiger partial charge in [-0.3, -0.25) is 19.5 Å². The van der Waals surface area contributed by atoms with Crippen molar-refractivity contribution in [3.8, 4) is 5.69 Å². The summed E-state index contributed by atoms with van der Waals surface area (Å²) in [4.78, 5) is 30.9. The van der Waals surface area contributed by atoms with Crippen LogP contribution in [0.5, 0.6) is 0 Å². The molecule has 1 unspecified atom stereocenters. The fraction of sp³-hybridized carbons (Fsp3) is 0.278. The maximum absolute atomic E-state index is 13.1. The molecule has 0 aliphatic carbocycles. The van der Waals surface area contributed by atoms with Gasteiger partial charge in [0.15, 0.2) is 5.16 Å². The Labute approximate surface area is 174 Å². The van der Waals surface area contributed by atoms with E-state index in [-0.39, 0.29) is 17.2 Å². The molecule has 4 rings (SSSR count). The summed E-state index contributed by atoms with van der Waals surface area (Å²) >= 11 is 4.13. The zero-order valence-corrected chi connectivity index (χ0v) is 17.7. The number of thioether (sulfide) groups is 2. The molecule has 0 saturated carbocycles. The van der Waals surface area contributed by atoms with Crippen LogP contribution in [0.4, 0.5) is 5.13 Å². The Bertz CT molecular complexity index is 1080. The number of carbonyl (C=O) groups excluding carboxylic acids is 1. The topological polar surface area (TPSA) is 89.8 Å². The molecule has 0 saturated heterocycles. The summed E-state index contributed by atoms with van der Waals surface area (Å²) in [5, 5.41) is 12.6. The fourth-order valence-corrected chi connectivity index (χ4v) is 5.37. The van der Waals surface area contributed by atoms with E-state index in [9.17, 15) is 9.59 Å². The minimum absolute atomic E-state index is 0.0757. The molecule has 1 aliphatic rings. The number of aromatic nitrogens is 4. The number of amides is 1. The molecule has 1 aromatic carbocycles. The highest BCUT2D eigenvalue weighted by molar-refractivity contribution is 8.00. The van der Waals surface area contributed by atoms with Crippen LogP contribution in [0.25, 0.3) is 5.69 Å². The van der Waals surface area contributed by atoms with Gasteiger partial charge in [-0.05, 0) is 19.1 Å². The highest BCUT2D eigenvalue weighted by Gasteiger charge is 2.27. The van der Waals surface area contributed by atoms with Gasteiger partial charge in [-0.2, -0.15) is 0 Å². The molecular weight excluding hydrogens is 414 g/mol. The summed E-state index contributed by atoms with van der Waals surface area (Å²) in [6, 6.07) is 9.39. The molecule has 144 valence electrons. The molecule has 10 heteroatoms. The number of nitrogens with one attached hydrogen (secondary N) is 1. The van der Waals surface area contributed by atoms with Gasteiger partial charge in [0.1, 0.15) is 5.01 Å². The van der Waals surface area contributed by atoms with Crippen LogP contribution in [-0.4, -0.2) is 36.7 Å². The van der Waals surface area contributed by atoms with E-state index < -0.39 is 0 Å². The van der Waals surface area contributed by atoms with Crippen molar-refractivity contribution in [2.24, 2.45) is 0 Å². The van der Waals surface area contributed by atoms with Gasteiger partial charge in [0.05, 0.1) is 22.0 Å². The van der Waals surface area contributed by atoms with Crippen LogP contribution in [0.1, 0.15) is 17.6 Å². The van der Waals surface area contributed by atoms with Crippen molar-refractivity contribution in [1.82, 2.24) is 19.7 Å². The third-order valence-corrected chi connectivity index (χ3v) is 6.91. The summed E-state index contributed by atoms with van der Waals surface area (Å²) in [5.41, 5.74) is 1.48. The van der Waals surface area contributed by atoms with Crippen molar-refractivity contribution in [2.75, 3.05) is 11.1 Å². The Hall–Kier alpha value is -2.17. The average Bonchev–Trinajstić information content (AvgIpc) is 3.25. The van der Waals surface area contributed by atoms with Crippen molar-refractivity contribution in [1.29, 1.82) is 0 Å². The first-order valence-corrected chi connectivity index (χ1v) is 11.3. The van der Waals surface area contributed by atoms with Gasteiger partial charge in [0.2, 0.25) is 11.0 Å². The van der Waals surface area contributed by atoms with E-state index >= 15 is 0 Å². The fourth-order valence-electron chi connectivity index (χ4n) is 2.83. The first kappa shape index (κ1) is 19.2. The van der Waals surface area contributed by atoms with Gasteiger partial charge < -0.3 is 0 Å². The van der Waals surface area contributed by atoms with Gasteiger partial charge in [-0.25, -0.2) is 4.98 Å². The van der Waals surface area contributed by atoms with Crippen LogP contribution in [-0.2, 0) is 11.2 Å². The van der Waals surface area contributed by atoms with Gasteiger partial charge in [0.25, 0.3) is 5.56 Å². The monoisotopic (exact) mass is 431 g/mol. The molecule has 0 radical (unpaired) electrons. The van der Waals surface area contributed by atoms with Crippen LogP contribution in [0.15, 0.2) is 45.2 Å². The smallest absolute Gasteiger partial charge is 0.272 e. The third kappa shape index (κ3) is 3.98. The molecule has 3 aromatic rings. The molecule has 1 N–H and O–H groups in total. The predicted molar refractivity (Wildman–Crippen MR) is 113 cm³/mol. The summed E-state index contributed by atoms with van der Waals surface area (Å²) in [6.07, 6.45) is 0.759. The second-order valence-corrected chi connectivity index (χ2v) is 9.81. The van der Waals surface area contributed by atoms with Gasteiger partial charge in [-0.1, -0.05) is 48.2 Å². The molecule has 2 aromatic heterocycles. The van der Waals surface area contributed by atoms with Crippen molar-refractivity contribution < 1.29 is 4.79 Å². The van der Waals surface area contributed by atoms with E-state index in [1.54, 1.807) is 16.3 Å². The SMILES string of the molecule is Cc1nnc(NC(=O)CSc2nc3c(c(=O)n2-c2ccccc2)SC(C)C3)s1. The van der Waals surface area contributed by atoms with Crippen LogP contribution >= 0.6 is 34.9 Å². The normalized spacial score (nSPS) is 15.4. The van der Waals surface area contributed by atoms with Crippen LogP contribution < -0.4 is 10.9 Å². The zero-order chi connectivity index (χ0) is 19.7. The summed E-state index contributed by atoms with van der Waals surface area (Å²) < 4.78 is 1.59. The van der Waals surface area contributed by atoms with Gasteiger partial charge in [-0.15, -0.1) is 22.0 Å². The van der Waals surface area contributed by atoms with Crippen molar-refractivity contribution in [3.63, 3.8) is 0 Å².